The van der Waals surface area contributed by atoms with Crippen LogP contribution in [0, 0.1) is 5.82 Å². The molecule has 1 heterocycles. The second-order valence-corrected chi connectivity index (χ2v) is 5.60. The van der Waals surface area contributed by atoms with Crippen LogP contribution in [0.5, 0.6) is 0 Å². The molecular formula is C14H15ClFNS. The minimum absolute atomic E-state index is 0.170. The third-order valence-corrected chi connectivity index (χ3v) is 4.47. The van der Waals surface area contributed by atoms with Gasteiger partial charge in [-0.15, -0.1) is 11.3 Å². The molecule has 2 rings (SSSR count). The summed E-state index contributed by atoms with van der Waals surface area (Å²) in [6.07, 6.45) is 1.04. The van der Waals surface area contributed by atoms with Crippen LogP contribution in [-0.4, -0.2) is 7.05 Å². The smallest absolute Gasteiger partial charge is 0.141 e. The molecule has 0 saturated heterocycles. The molecule has 0 fully saturated rings. The van der Waals surface area contributed by atoms with Crippen LogP contribution in [0.25, 0.3) is 10.4 Å². The lowest BCUT2D eigenvalue weighted by Gasteiger charge is -2.10. The number of nitrogens with one attached hydrogen (secondary N) is 1. The van der Waals surface area contributed by atoms with Crippen molar-refractivity contribution in [3.05, 3.63) is 46.0 Å². The van der Waals surface area contributed by atoms with Gasteiger partial charge in [0.15, 0.2) is 0 Å². The summed E-state index contributed by atoms with van der Waals surface area (Å²) in [5.74, 6) is -0.376. The van der Waals surface area contributed by atoms with Gasteiger partial charge in [-0.05, 0) is 43.3 Å². The largest absolute Gasteiger partial charge is 0.312 e. The first-order chi connectivity index (χ1) is 8.65. The van der Waals surface area contributed by atoms with E-state index in [2.05, 4.69) is 24.4 Å². The maximum Gasteiger partial charge on any atom is 0.141 e. The van der Waals surface area contributed by atoms with Crippen LogP contribution in [0.2, 0.25) is 5.02 Å². The Balaban J connectivity index is 2.31. The fourth-order valence-corrected chi connectivity index (χ4v) is 3.27. The zero-order valence-corrected chi connectivity index (χ0v) is 11.9. The fraction of sp³-hybridized carbons (Fsp3) is 0.286. The van der Waals surface area contributed by atoms with Gasteiger partial charge in [0.1, 0.15) is 5.82 Å². The Morgan fingerprint density at radius 1 is 1.33 bits per heavy atom. The zero-order valence-electron chi connectivity index (χ0n) is 10.3. The van der Waals surface area contributed by atoms with Crippen molar-refractivity contribution >= 4 is 22.9 Å². The summed E-state index contributed by atoms with van der Waals surface area (Å²) in [6, 6.07) is 9.39. The molecule has 0 radical (unpaired) electrons. The predicted molar refractivity (Wildman–Crippen MR) is 76.8 cm³/mol. The first kappa shape index (κ1) is 13.5. The molecule has 2 aromatic rings. The minimum atomic E-state index is -0.376. The molecule has 96 valence electrons. The highest BCUT2D eigenvalue weighted by Crippen LogP contribution is 2.33. The molecule has 18 heavy (non-hydrogen) atoms. The Hall–Kier alpha value is -0.900. The van der Waals surface area contributed by atoms with E-state index in [1.54, 1.807) is 23.5 Å². The number of hydrogen-bond acceptors (Lipinski definition) is 2. The lowest BCUT2D eigenvalue weighted by Crippen LogP contribution is -2.13. The molecule has 0 amide bonds. The standard InChI is InChI=1S/C14H15ClFNS/c1-3-12(17-2)14-7-6-13(18-14)9-4-5-11(16)10(15)8-9/h4-8,12,17H,3H2,1-2H3. The fourth-order valence-electron chi connectivity index (χ4n) is 1.89. The van der Waals surface area contributed by atoms with Crippen molar-refractivity contribution in [3.63, 3.8) is 0 Å². The Morgan fingerprint density at radius 2 is 2.11 bits per heavy atom. The average molecular weight is 284 g/mol. The van der Waals surface area contributed by atoms with Crippen molar-refractivity contribution in [2.24, 2.45) is 0 Å². The molecule has 0 aliphatic rings. The van der Waals surface area contributed by atoms with Gasteiger partial charge in [-0.1, -0.05) is 24.6 Å². The summed E-state index contributed by atoms with van der Waals surface area (Å²) < 4.78 is 13.1. The average Bonchev–Trinajstić information content (AvgIpc) is 2.84. The number of halogens is 2. The third-order valence-electron chi connectivity index (χ3n) is 2.93. The van der Waals surface area contributed by atoms with Gasteiger partial charge >= 0.3 is 0 Å². The minimum Gasteiger partial charge on any atom is -0.312 e. The van der Waals surface area contributed by atoms with E-state index in [0.717, 1.165) is 16.9 Å². The van der Waals surface area contributed by atoms with Crippen LogP contribution in [0.1, 0.15) is 24.3 Å². The molecule has 0 bridgehead atoms. The Kier molecular flexibility index (Phi) is 4.38. The molecule has 0 aliphatic carbocycles. The zero-order chi connectivity index (χ0) is 13.1. The lowest BCUT2D eigenvalue weighted by atomic mass is 10.1. The summed E-state index contributed by atoms with van der Waals surface area (Å²) in [4.78, 5) is 2.40. The molecular weight excluding hydrogens is 269 g/mol. The molecule has 0 spiro atoms. The third kappa shape index (κ3) is 2.74. The van der Waals surface area contributed by atoms with Gasteiger partial charge in [0.05, 0.1) is 5.02 Å². The Morgan fingerprint density at radius 3 is 2.72 bits per heavy atom. The van der Waals surface area contributed by atoms with Crippen molar-refractivity contribution in [3.8, 4) is 10.4 Å². The molecule has 1 atom stereocenters. The number of rotatable bonds is 4. The quantitative estimate of drug-likeness (QED) is 0.843. The molecule has 0 aliphatic heterocycles. The topological polar surface area (TPSA) is 12.0 Å². The van der Waals surface area contributed by atoms with Gasteiger partial charge in [0.2, 0.25) is 0 Å². The summed E-state index contributed by atoms with van der Waals surface area (Å²) in [5, 5.41) is 3.45. The van der Waals surface area contributed by atoms with Crippen LogP contribution in [-0.2, 0) is 0 Å². The number of hydrogen-bond donors (Lipinski definition) is 1. The molecule has 1 nitrogen and oxygen atoms in total. The SMILES string of the molecule is CCC(NC)c1ccc(-c2ccc(F)c(Cl)c2)s1. The summed E-state index contributed by atoms with van der Waals surface area (Å²) in [5.41, 5.74) is 0.962. The molecule has 1 aromatic carbocycles. The van der Waals surface area contributed by atoms with Gasteiger partial charge < -0.3 is 5.32 Å². The highest BCUT2D eigenvalue weighted by atomic mass is 35.5. The van der Waals surface area contributed by atoms with E-state index in [0.29, 0.717) is 6.04 Å². The van der Waals surface area contributed by atoms with Crippen molar-refractivity contribution in [1.82, 2.24) is 5.32 Å². The highest BCUT2D eigenvalue weighted by Gasteiger charge is 2.11. The first-order valence-electron chi connectivity index (χ1n) is 5.88. The first-order valence-corrected chi connectivity index (χ1v) is 7.07. The molecule has 1 aromatic heterocycles. The van der Waals surface area contributed by atoms with E-state index in [9.17, 15) is 4.39 Å². The normalized spacial score (nSPS) is 12.7. The van der Waals surface area contributed by atoms with Crippen LogP contribution in [0.4, 0.5) is 4.39 Å². The van der Waals surface area contributed by atoms with E-state index in [-0.39, 0.29) is 10.8 Å². The van der Waals surface area contributed by atoms with Crippen molar-refractivity contribution < 1.29 is 4.39 Å². The van der Waals surface area contributed by atoms with Crippen LogP contribution in [0.3, 0.4) is 0 Å². The number of benzene rings is 1. The lowest BCUT2D eigenvalue weighted by molar-refractivity contribution is 0.586. The molecule has 1 unspecified atom stereocenters. The summed E-state index contributed by atoms with van der Waals surface area (Å²) >= 11 is 7.52. The second kappa shape index (κ2) is 5.83. The van der Waals surface area contributed by atoms with E-state index >= 15 is 0 Å². The van der Waals surface area contributed by atoms with E-state index in [4.69, 9.17) is 11.6 Å². The van der Waals surface area contributed by atoms with Crippen molar-refractivity contribution in [2.45, 2.75) is 19.4 Å². The van der Waals surface area contributed by atoms with E-state index in [1.165, 1.54) is 10.9 Å². The second-order valence-electron chi connectivity index (χ2n) is 4.08. The predicted octanol–water partition coefficient (Wildman–Crippen LogP) is 4.88. The van der Waals surface area contributed by atoms with E-state index in [1.807, 2.05) is 7.05 Å². The van der Waals surface area contributed by atoms with Gasteiger partial charge in [-0.25, -0.2) is 4.39 Å². The van der Waals surface area contributed by atoms with Crippen LogP contribution >= 0.6 is 22.9 Å². The Labute approximate surface area is 116 Å². The number of thiophene rings is 1. The van der Waals surface area contributed by atoms with Crippen LogP contribution < -0.4 is 5.32 Å². The Bertz CT molecular complexity index is 534. The van der Waals surface area contributed by atoms with Gasteiger partial charge in [-0.2, -0.15) is 0 Å². The maximum atomic E-state index is 13.1. The molecule has 0 saturated carbocycles. The van der Waals surface area contributed by atoms with Crippen LogP contribution in [0.15, 0.2) is 30.3 Å². The molecule has 4 heteroatoms. The molecule has 1 N–H and O–H groups in total. The van der Waals surface area contributed by atoms with Gasteiger partial charge in [-0.3, -0.25) is 0 Å². The van der Waals surface area contributed by atoms with Crippen molar-refractivity contribution in [1.29, 1.82) is 0 Å². The monoisotopic (exact) mass is 283 g/mol. The maximum absolute atomic E-state index is 13.1. The van der Waals surface area contributed by atoms with Crippen molar-refractivity contribution in [2.75, 3.05) is 7.05 Å². The summed E-state index contributed by atoms with van der Waals surface area (Å²) in [6.45, 7) is 2.15. The van der Waals surface area contributed by atoms with E-state index < -0.39 is 0 Å². The summed E-state index contributed by atoms with van der Waals surface area (Å²) in [7, 11) is 1.96. The van der Waals surface area contributed by atoms with Gasteiger partial charge in [0, 0.05) is 15.8 Å². The van der Waals surface area contributed by atoms with Gasteiger partial charge in [0.25, 0.3) is 0 Å². The highest BCUT2D eigenvalue weighted by molar-refractivity contribution is 7.15.